The highest BCUT2D eigenvalue weighted by atomic mass is 35.5. The highest BCUT2D eigenvalue weighted by Gasteiger charge is 2.30. The molecule has 2 aliphatic rings. The number of hydrogen-bond acceptors (Lipinski definition) is 4. The second-order valence-corrected chi connectivity index (χ2v) is 8.51. The Morgan fingerprint density at radius 3 is 2.50 bits per heavy atom. The molecule has 144 valence electrons. The van der Waals surface area contributed by atoms with Gasteiger partial charge in [-0.3, -0.25) is 9.55 Å². The lowest BCUT2D eigenvalue weighted by Crippen LogP contribution is -2.17. The summed E-state index contributed by atoms with van der Waals surface area (Å²) in [6.45, 7) is 1.49. The fourth-order valence-electron chi connectivity index (χ4n) is 4.49. The lowest BCUT2D eigenvalue weighted by Gasteiger charge is -2.28. The van der Waals surface area contributed by atoms with Crippen LogP contribution in [-0.4, -0.2) is 19.7 Å². The molecule has 0 unspecified atom stereocenters. The summed E-state index contributed by atoms with van der Waals surface area (Å²) in [7, 11) is 0. The lowest BCUT2D eigenvalue weighted by atomic mass is 9.80. The maximum absolute atomic E-state index is 6.22. The molecule has 1 saturated carbocycles. The van der Waals surface area contributed by atoms with E-state index in [1.165, 1.54) is 5.56 Å². The summed E-state index contributed by atoms with van der Waals surface area (Å²) >= 11 is 12.4. The SMILES string of the molecule is Clc1ccnc(C2CCC(c3nnc4n3-c3ccc(Cl)cc3CNC4)CC2)c1. The Kier molecular flexibility index (Phi) is 4.83. The van der Waals surface area contributed by atoms with E-state index < -0.39 is 0 Å². The number of nitrogens with one attached hydrogen (secondary N) is 1. The number of halogens is 2. The van der Waals surface area contributed by atoms with Crippen molar-refractivity contribution in [3.63, 3.8) is 0 Å². The van der Waals surface area contributed by atoms with Crippen molar-refractivity contribution < 1.29 is 0 Å². The van der Waals surface area contributed by atoms with Crippen molar-refractivity contribution in [2.75, 3.05) is 0 Å². The first kappa shape index (κ1) is 18.1. The van der Waals surface area contributed by atoms with Crippen LogP contribution in [-0.2, 0) is 13.1 Å². The molecule has 1 aliphatic heterocycles. The fourth-order valence-corrected chi connectivity index (χ4v) is 4.85. The minimum atomic E-state index is 0.401. The molecule has 0 radical (unpaired) electrons. The Balaban J connectivity index is 1.42. The molecule has 1 aromatic carbocycles. The molecule has 0 bridgehead atoms. The van der Waals surface area contributed by atoms with Crippen LogP contribution in [0.5, 0.6) is 0 Å². The van der Waals surface area contributed by atoms with E-state index in [4.69, 9.17) is 23.2 Å². The minimum absolute atomic E-state index is 0.401. The van der Waals surface area contributed by atoms with E-state index in [0.717, 1.165) is 65.3 Å². The Morgan fingerprint density at radius 2 is 1.68 bits per heavy atom. The summed E-state index contributed by atoms with van der Waals surface area (Å²) in [4.78, 5) is 4.53. The molecule has 3 aromatic rings. The first-order valence-electron chi connectivity index (χ1n) is 9.74. The molecule has 3 heterocycles. The maximum atomic E-state index is 6.22. The third-order valence-electron chi connectivity index (χ3n) is 5.89. The number of rotatable bonds is 2. The highest BCUT2D eigenvalue weighted by molar-refractivity contribution is 6.30. The van der Waals surface area contributed by atoms with E-state index in [9.17, 15) is 0 Å². The van der Waals surface area contributed by atoms with E-state index in [2.05, 4.69) is 31.1 Å². The number of hydrogen-bond donors (Lipinski definition) is 1. The van der Waals surface area contributed by atoms with Gasteiger partial charge in [0, 0.05) is 40.3 Å². The van der Waals surface area contributed by atoms with Gasteiger partial charge in [0.15, 0.2) is 5.82 Å². The third-order valence-corrected chi connectivity index (χ3v) is 6.36. The van der Waals surface area contributed by atoms with Crippen LogP contribution in [0.25, 0.3) is 5.69 Å². The first-order chi connectivity index (χ1) is 13.7. The molecule has 0 saturated heterocycles. The van der Waals surface area contributed by atoms with E-state index in [-0.39, 0.29) is 0 Å². The van der Waals surface area contributed by atoms with Crippen molar-refractivity contribution in [2.24, 2.45) is 0 Å². The van der Waals surface area contributed by atoms with Gasteiger partial charge in [-0.25, -0.2) is 0 Å². The van der Waals surface area contributed by atoms with Crippen molar-refractivity contribution in [1.29, 1.82) is 0 Å². The maximum Gasteiger partial charge on any atom is 0.151 e. The Morgan fingerprint density at radius 1 is 0.893 bits per heavy atom. The molecular formula is C21H21Cl2N5. The van der Waals surface area contributed by atoms with Crippen LogP contribution in [0.4, 0.5) is 0 Å². The van der Waals surface area contributed by atoms with Gasteiger partial charge in [0.1, 0.15) is 5.82 Å². The predicted molar refractivity (Wildman–Crippen MR) is 110 cm³/mol. The first-order valence-corrected chi connectivity index (χ1v) is 10.5. The van der Waals surface area contributed by atoms with Gasteiger partial charge in [-0.2, -0.15) is 0 Å². The smallest absolute Gasteiger partial charge is 0.151 e. The van der Waals surface area contributed by atoms with Crippen molar-refractivity contribution in [2.45, 2.75) is 50.6 Å². The number of benzene rings is 1. The van der Waals surface area contributed by atoms with Crippen LogP contribution in [0.1, 0.15) is 60.4 Å². The minimum Gasteiger partial charge on any atom is -0.306 e. The van der Waals surface area contributed by atoms with E-state index in [0.29, 0.717) is 18.4 Å². The van der Waals surface area contributed by atoms with Crippen LogP contribution >= 0.6 is 23.2 Å². The second kappa shape index (κ2) is 7.47. The zero-order valence-electron chi connectivity index (χ0n) is 15.4. The van der Waals surface area contributed by atoms with Crippen LogP contribution in [0.3, 0.4) is 0 Å². The van der Waals surface area contributed by atoms with Gasteiger partial charge >= 0.3 is 0 Å². The summed E-state index contributed by atoms with van der Waals surface area (Å²) in [5.74, 6) is 2.90. The Bertz CT molecular complexity index is 1010. The second-order valence-electron chi connectivity index (χ2n) is 7.63. The molecule has 1 aliphatic carbocycles. The van der Waals surface area contributed by atoms with Crippen LogP contribution in [0.2, 0.25) is 10.0 Å². The van der Waals surface area contributed by atoms with Gasteiger partial charge in [-0.1, -0.05) is 23.2 Å². The van der Waals surface area contributed by atoms with Gasteiger partial charge < -0.3 is 5.32 Å². The van der Waals surface area contributed by atoms with Crippen LogP contribution < -0.4 is 5.32 Å². The number of pyridine rings is 1. The third kappa shape index (κ3) is 3.32. The van der Waals surface area contributed by atoms with Gasteiger partial charge in [-0.15, -0.1) is 10.2 Å². The normalized spacial score (nSPS) is 21.6. The molecule has 1 N–H and O–H groups in total. The summed E-state index contributed by atoms with van der Waals surface area (Å²) in [6, 6.07) is 9.90. The molecule has 1 fully saturated rings. The van der Waals surface area contributed by atoms with Crippen LogP contribution in [0, 0.1) is 0 Å². The Labute approximate surface area is 174 Å². The average Bonchev–Trinajstić information content (AvgIpc) is 3.04. The lowest BCUT2D eigenvalue weighted by molar-refractivity contribution is 0.377. The van der Waals surface area contributed by atoms with E-state index in [1.54, 1.807) is 6.20 Å². The molecule has 28 heavy (non-hydrogen) atoms. The number of aromatic nitrogens is 4. The molecule has 0 spiro atoms. The topological polar surface area (TPSA) is 55.6 Å². The monoisotopic (exact) mass is 413 g/mol. The van der Waals surface area contributed by atoms with Crippen molar-refractivity contribution >= 4 is 23.2 Å². The van der Waals surface area contributed by atoms with Crippen molar-refractivity contribution in [3.8, 4) is 5.69 Å². The summed E-state index contributed by atoms with van der Waals surface area (Å²) in [6.07, 6.45) is 6.13. The quantitative estimate of drug-likeness (QED) is 0.640. The largest absolute Gasteiger partial charge is 0.306 e. The Hall–Kier alpha value is -1.95. The fraction of sp³-hybridized carbons (Fsp3) is 0.381. The van der Waals surface area contributed by atoms with Crippen molar-refractivity contribution in [1.82, 2.24) is 25.1 Å². The molecule has 5 rings (SSSR count). The van der Waals surface area contributed by atoms with Crippen LogP contribution in [0.15, 0.2) is 36.5 Å². The molecule has 7 heteroatoms. The van der Waals surface area contributed by atoms with Gasteiger partial charge in [-0.05, 0) is 61.6 Å². The molecule has 0 atom stereocenters. The van der Waals surface area contributed by atoms with Gasteiger partial charge in [0.05, 0.1) is 12.2 Å². The average molecular weight is 414 g/mol. The standard InChI is InChI=1S/C21H21Cl2N5/c22-16-5-6-19-15(9-16)11-24-12-20-26-27-21(28(19)20)14-3-1-13(2-4-14)18-10-17(23)7-8-25-18/h5-10,13-14,24H,1-4,11-12H2. The molecule has 0 amide bonds. The molecule has 5 nitrogen and oxygen atoms in total. The van der Waals surface area contributed by atoms with E-state index >= 15 is 0 Å². The molecule has 2 aromatic heterocycles. The summed E-state index contributed by atoms with van der Waals surface area (Å²) in [5.41, 5.74) is 3.43. The highest BCUT2D eigenvalue weighted by Crippen LogP contribution is 2.41. The summed E-state index contributed by atoms with van der Waals surface area (Å²) in [5, 5.41) is 14.0. The number of fused-ring (bicyclic) bond motifs is 3. The predicted octanol–water partition coefficient (Wildman–Crippen LogP) is 5.01. The number of nitrogens with zero attached hydrogens (tertiary/aromatic N) is 4. The molecular weight excluding hydrogens is 393 g/mol. The zero-order chi connectivity index (χ0) is 19.1. The van der Waals surface area contributed by atoms with E-state index in [1.807, 2.05) is 24.3 Å². The van der Waals surface area contributed by atoms with Gasteiger partial charge in [0.2, 0.25) is 0 Å². The van der Waals surface area contributed by atoms with Crippen molar-refractivity contribution in [3.05, 3.63) is 69.5 Å². The summed E-state index contributed by atoms with van der Waals surface area (Å²) < 4.78 is 2.24. The zero-order valence-corrected chi connectivity index (χ0v) is 16.9. The van der Waals surface area contributed by atoms with Gasteiger partial charge in [0.25, 0.3) is 0 Å².